The molecule has 0 aliphatic rings. The van der Waals surface area contributed by atoms with Crippen LogP contribution in [0.3, 0.4) is 0 Å². The van der Waals surface area contributed by atoms with Crippen molar-refractivity contribution in [1.29, 1.82) is 0 Å². The van der Waals surface area contributed by atoms with Crippen LogP contribution in [0.2, 0.25) is 0 Å². The number of aromatic nitrogens is 5. The molecule has 0 fully saturated rings. The molecule has 0 bridgehead atoms. The molecule has 252 valence electrons. The van der Waals surface area contributed by atoms with E-state index >= 15 is 0 Å². The summed E-state index contributed by atoms with van der Waals surface area (Å²) in [4.78, 5) is 33.3. The third-order valence-electron chi connectivity index (χ3n) is 8.33. The van der Waals surface area contributed by atoms with Crippen LogP contribution in [0, 0.1) is 27.7 Å². The van der Waals surface area contributed by atoms with E-state index < -0.39 is 5.91 Å². The largest absolute Gasteiger partial charge is 0.377 e. The zero-order valence-corrected chi connectivity index (χ0v) is 29.5. The molecule has 12 heteroatoms. The number of anilines is 2. The fraction of sp³-hybridized carbons (Fsp3) is 0.361. The number of hydrogen-bond donors (Lipinski definition) is 2. The Labute approximate surface area is 285 Å². The number of amides is 1. The molecule has 0 saturated carbocycles. The number of ether oxygens (including phenoxy) is 1. The van der Waals surface area contributed by atoms with Gasteiger partial charge in [-0.05, 0) is 81.3 Å². The molecule has 0 aliphatic heterocycles. The number of nitrogens with zero attached hydrogens (tertiary/aromatic N) is 5. The summed E-state index contributed by atoms with van der Waals surface area (Å²) in [6.07, 6.45) is 2.44. The first kappa shape index (κ1) is 34.6. The summed E-state index contributed by atoms with van der Waals surface area (Å²) in [5, 5.41) is 11.2. The number of aryl methyl sites for hydroxylation is 5. The SMILES string of the molecule is CCCCc1nc(C)c(C(=O)Nc2cc(C)n(C)n2)c(=O)n1Cc1ccc(-c2ccccc2SNc2noc(C)c2C)c(COCC)c1. The van der Waals surface area contributed by atoms with Crippen molar-refractivity contribution in [2.24, 2.45) is 7.05 Å². The maximum absolute atomic E-state index is 14.1. The van der Waals surface area contributed by atoms with E-state index in [2.05, 4.69) is 51.5 Å². The third kappa shape index (κ3) is 7.71. The van der Waals surface area contributed by atoms with Crippen LogP contribution in [0.5, 0.6) is 0 Å². The van der Waals surface area contributed by atoms with Gasteiger partial charge in [0.1, 0.15) is 17.1 Å². The molecule has 3 aromatic heterocycles. The van der Waals surface area contributed by atoms with Crippen molar-refractivity contribution in [3.05, 3.63) is 104 Å². The van der Waals surface area contributed by atoms with E-state index in [0.717, 1.165) is 57.0 Å². The van der Waals surface area contributed by atoms with Gasteiger partial charge in [-0.1, -0.05) is 54.9 Å². The Bertz CT molecular complexity index is 1960. The summed E-state index contributed by atoms with van der Waals surface area (Å²) >= 11 is 1.47. The van der Waals surface area contributed by atoms with Gasteiger partial charge in [-0.25, -0.2) is 4.98 Å². The van der Waals surface area contributed by atoms with E-state index in [4.69, 9.17) is 14.2 Å². The molecule has 0 aliphatic carbocycles. The molecule has 2 N–H and O–H groups in total. The molecule has 48 heavy (non-hydrogen) atoms. The van der Waals surface area contributed by atoms with E-state index in [1.54, 1.807) is 29.3 Å². The first-order valence-corrected chi connectivity index (χ1v) is 17.0. The number of rotatable bonds is 14. The fourth-order valence-electron chi connectivity index (χ4n) is 5.38. The summed E-state index contributed by atoms with van der Waals surface area (Å²) in [5.74, 6) is 1.99. The maximum Gasteiger partial charge on any atom is 0.266 e. The highest BCUT2D eigenvalue weighted by Gasteiger charge is 2.22. The van der Waals surface area contributed by atoms with Crippen molar-refractivity contribution in [2.75, 3.05) is 16.6 Å². The zero-order valence-electron chi connectivity index (χ0n) is 28.6. The van der Waals surface area contributed by atoms with Gasteiger partial charge in [0, 0.05) is 42.3 Å². The topological polar surface area (TPSA) is 129 Å². The average molecular weight is 670 g/mol. The molecule has 2 aromatic carbocycles. The minimum Gasteiger partial charge on any atom is -0.377 e. The Hall–Kier alpha value is -4.68. The fourth-order valence-corrected chi connectivity index (χ4v) is 6.22. The van der Waals surface area contributed by atoms with Crippen molar-refractivity contribution in [2.45, 2.75) is 78.9 Å². The Morgan fingerprint density at radius 3 is 2.52 bits per heavy atom. The molecule has 0 atom stereocenters. The number of hydrogen-bond acceptors (Lipinski definition) is 9. The zero-order chi connectivity index (χ0) is 34.4. The van der Waals surface area contributed by atoms with Crippen molar-refractivity contribution >= 4 is 29.5 Å². The molecule has 0 radical (unpaired) electrons. The monoisotopic (exact) mass is 669 g/mol. The molecule has 3 heterocycles. The Balaban J connectivity index is 1.50. The van der Waals surface area contributed by atoms with Crippen LogP contribution < -0.4 is 15.6 Å². The number of unbranched alkanes of at least 4 members (excludes halogenated alkanes) is 1. The second-order valence-electron chi connectivity index (χ2n) is 11.8. The molecule has 1 amide bonds. The van der Waals surface area contributed by atoms with Gasteiger partial charge >= 0.3 is 0 Å². The number of carbonyl (C=O) groups excluding carboxylic acids is 1. The van der Waals surface area contributed by atoms with Crippen LogP contribution in [0.4, 0.5) is 11.6 Å². The van der Waals surface area contributed by atoms with Gasteiger partial charge in [0.15, 0.2) is 11.6 Å². The summed E-state index contributed by atoms with van der Waals surface area (Å²) in [6.45, 7) is 12.8. The van der Waals surface area contributed by atoms with Crippen LogP contribution >= 0.6 is 11.9 Å². The molecule has 5 aromatic rings. The van der Waals surface area contributed by atoms with E-state index in [-0.39, 0.29) is 17.7 Å². The normalized spacial score (nSPS) is 11.2. The van der Waals surface area contributed by atoms with Crippen LogP contribution in [0.25, 0.3) is 11.1 Å². The molecular formula is C36H43N7O4S. The highest BCUT2D eigenvalue weighted by atomic mass is 32.2. The second kappa shape index (κ2) is 15.5. The number of nitrogens with one attached hydrogen (secondary N) is 2. The first-order valence-electron chi connectivity index (χ1n) is 16.2. The van der Waals surface area contributed by atoms with Crippen molar-refractivity contribution in [3.63, 3.8) is 0 Å². The van der Waals surface area contributed by atoms with Crippen LogP contribution in [0.1, 0.15) is 76.7 Å². The second-order valence-corrected chi connectivity index (χ2v) is 12.6. The van der Waals surface area contributed by atoms with E-state index in [1.165, 1.54) is 11.9 Å². The van der Waals surface area contributed by atoms with Gasteiger partial charge in [0.05, 0.1) is 18.8 Å². The maximum atomic E-state index is 14.1. The Morgan fingerprint density at radius 1 is 1.04 bits per heavy atom. The molecule has 5 rings (SSSR count). The highest BCUT2D eigenvalue weighted by molar-refractivity contribution is 8.00. The minimum atomic E-state index is -0.523. The Kier molecular flexibility index (Phi) is 11.2. The van der Waals surface area contributed by atoms with Gasteiger partial charge < -0.3 is 19.3 Å². The smallest absolute Gasteiger partial charge is 0.266 e. The molecular weight excluding hydrogens is 627 g/mol. The van der Waals surface area contributed by atoms with Gasteiger partial charge in [-0.2, -0.15) is 5.10 Å². The standard InChI is InChI=1S/C36H43N7O4S/c1-8-10-15-32-37-24(5)33(35(44)38-31-18-22(3)42(7)39-31)36(45)43(32)20-26-16-17-28(27(19-26)21-46-9-2)29-13-11-12-14-30(29)48-41-34-23(4)25(6)47-40-34/h11-14,16-19H,8-10,15,20-21H2,1-7H3,(H,40,41)(H,38,39,44). The molecule has 0 saturated heterocycles. The van der Waals surface area contributed by atoms with Crippen LogP contribution in [0.15, 0.2) is 62.7 Å². The van der Waals surface area contributed by atoms with Crippen molar-refractivity contribution in [1.82, 2.24) is 24.5 Å². The first-order chi connectivity index (χ1) is 23.1. The number of benzene rings is 2. The lowest BCUT2D eigenvalue weighted by Gasteiger charge is -2.18. The van der Waals surface area contributed by atoms with Gasteiger partial charge in [0.2, 0.25) is 0 Å². The summed E-state index contributed by atoms with van der Waals surface area (Å²) in [5.41, 5.74) is 5.85. The third-order valence-corrected chi connectivity index (χ3v) is 9.20. The van der Waals surface area contributed by atoms with E-state index in [9.17, 15) is 9.59 Å². The Morgan fingerprint density at radius 2 is 1.83 bits per heavy atom. The van der Waals surface area contributed by atoms with Crippen LogP contribution in [-0.4, -0.2) is 37.0 Å². The van der Waals surface area contributed by atoms with Crippen molar-refractivity contribution < 1.29 is 14.1 Å². The van der Waals surface area contributed by atoms with Gasteiger partial charge in [0.25, 0.3) is 11.5 Å². The highest BCUT2D eigenvalue weighted by Crippen LogP contribution is 2.35. The summed E-state index contributed by atoms with van der Waals surface area (Å²) < 4.78 is 17.9. The minimum absolute atomic E-state index is 0.0145. The van der Waals surface area contributed by atoms with E-state index in [1.807, 2.05) is 45.9 Å². The predicted octanol–water partition coefficient (Wildman–Crippen LogP) is 7.16. The quantitative estimate of drug-likeness (QED) is 0.118. The van der Waals surface area contributed by atoms with Crippen molar-refractivity contribution in [3.8, 4) is 11.1 Å². The summed E-state index contributed by atoms with van der Waals surface area (Å²) in [7, 11) is 1.80. The lowest BCUT2D eigenvalue weighted by Crippen LogP contribution is -2.34. The lowest BCUT2D eigenvalue weighted by molar-refractivity contribution is 0.102. The van der Waals surface area contributed by atoms with Crippen LogP contribution in [-0.2, 0) is 31.4 Å². The van der Waals surface area contributed by atoms with E-state index in [0.29, 0.717) is 42.8 Å². The summed E-state index contributed by atoms with van der Waals surface area (Å²) in [6, 6.07) is 16.1. The molecule has 0 unspecified atom stereocenters. The lowest BCUT2D eigenvalue weighted by atomic mass is 9.97. The number of carbonyl (C=O) groups is 1. The molecule has 11 nitrogen and oxygen atoms in total. The average Bonchev–Trinajstić information content (AvgIpc) is 3.56. The molecule has 0 spiro atoms. The van der Waals surface area contributed by atoms with Gasteiger partial charge in [-0.15, -0.1) is 0 Å². The predicted molar refractivity (Wildman–Crippen MR) is 190 cm³/mol. The van der Waals surface area contributed by atoms with Gasteiger partial charge in [-0.3, -0.25) is 18.8 Å².